The topological polar surface area (TPSA) is 85.0 Å². The van der Waals surface area contributed by atoms with Gasteiger partial charge >= 0.3 is 0 Å². The zero-order chi connectivity index (χ0) is 19.1. The van der Waals surface area contributed by atoms with Gasteiger partial charge in [-0.1, -0.05) is 0 Å². The van der Waals surface area contributed by atoms with Crippen LogP contribution < -0.4 is 10.6 Å². The van der Waals surface area contributed by atoms with Gasteiger partial charge in [-0.05, 0) is 32.0 Å². The van der Waals surface area contributed by atoms with E-state index in [1.54, 1.807) is 11.0 Å². The maximum atomic E-state index is 12.8. The van der Waals surface area contributed by atoms with Crippen LogP contribution in [0.4, 0.5) is 11.4 Å². The van der Waals surface area contributed by atoms with Gasteiger partial charge in [0.1, 0.15) is 0 Å². The van der Waals surface area contributed by atoms with Crippen molar-refractivity contribution in [1.82, 2.24) is 13.5 Å². The van der Waals surface area contributed by atoms with Crippen LogP contribution >= 0.6 is 0 Å². The van der Waals surface area contributed by atoms with Crippen LogP contribution in [-0.2, 0) is 10.2 Å². The molecular formula is C17H25N5O3S. The van der Waals surface area contributed by atoms with Crippen LogP contribution in [0.5, 0.6) is 0 Å². The Kier molecular flexibility index (Phi) is 4.96. The molecule has 26 heavy (non-hydrogen) atoms. The molecule has 1 aromatic rings. The third-order valence-corrected chi connectivity index (χ3v) is 6.73. The Hall–Kier alpha value is -2.10. The zero-order valence-electron chi connectivity index (χ0n) is 15.5. The number of carbonyl (C=O) groups is 1. The van der Waals surface area contributed by atoms with Crippen molar-refractivity contribution in [3.05, 3.63) is 35.2 Å². The average Bonchev–Trinajstić information content (AvgIpc) is 2.61. The summed E-state index contributed by atoms with van der Waals surface area (Å²) in [6.07, 6.45) is 0. The number of benzene rings is 1. The first-order chi connectivity index (χ1) is 12.2. The van der Waals surface area contributed by atoms with Gasteiger partial charge in [-0.25, -0.2) is 0 Å². The maximum absolute atomic E-state index is 12.8. The molecule has 1 saturated heterocycles. The molecule has 142 valence electrons. The van der Waals surface area contributed by atoms with E-state index in [1.165, 1.54) is 22.7 Å². The summed E-state index contributed by atoms with van der Waals surface area (Å²) in [5, 5.41) is 6.60. The Morgan fingerprint density at radius 1 is 1.00 bits per heavy atom. The van der Waals surface area contributed by atoms with Gasteiger partial charge in [0.25, 0.3) is 16.1 Å². The zero-order valence-corrected chi connectivity index (χ0v) is 16.4. The minimum absolute atomic E-state index is 0.0829. The Balaban J connectivity index is 1.70. The standard InChI is InChI=1S/C17H25N5O3S/c1-12-13(2)19-16-11-14(5-6-15(16)18-12)17(23)21-7-9-22(10-8-21)26(24,25)20(3)4/h5-6,11,18-19H,7-10H2,1-4H3. The highest BCUT2D eigenvalue weighted by atomic mass is 32.2. The molecule has 9 heteroatoms. The van der Waals surface area contributed by atoms with Crippen LogP contribution in [0.3, 0.4) is 0 Å². The van der Waals surface area contributed by atoms with E-state index in [4.69, 9.17) is 0 Å². The second kappa shape index (κ2) is 6.90. The number of hydrogen-bond acceptors (Lipinski definition) is 5. The van der Waals surface area contributed by atoms with Crippen molar-refractivity contribution in [2.75, 3.05) is 50.9 Å². The van der Waals surface area contributed by atoms with Gasteiger partial charge in [0.15, 0.2) is 0 Å². The molecule has 2 aliphatic heterocycles. The molecule has 2 aliphatic rings. The quantitative estimate of drug-likeness (QED) is 0.828. The second-order valence-electron chi connectivity index (χ2n) is 6.74. The molecule has 0 unspecified atom stereocenters. The van der Waals surface area contributed by atoms with Crippen molar-refractivity contribution >= 4 is 27.5 Å². The number of anilines is 2. The molecule has 0 spiro atoms. The van der Waals surface area contributed by atoms with Gasteiger partial charge < -0.3 is 15.5 Å². The fraction of sp³-hybridized carbons (Fsp3) is 0.471. The fourth-order valence-corrected chi connectivity index (χ4v) is 4.10. The number of nitrogens with zero attached hydrogens (tertiary/aromatic N) is 3. The predicted molar refractivity (Wildman–Crippen MR) is 102 cm³/mol. The lowest BCUT2D eigenvalue weighted by atomic mass is 10.1. The van der Waals surface area contributed by atoms with Crippen LogP contribution in [0.15, 0.2) is 29.6 Å². The maximum Gasteiger partial charge on any atom is 0.281 e. The molecule has 0 bridgehead atoms. The summed E-state index contributed by atoms with van der Waals surface area (Å²) in [6, 6.07) is 5.52. The van der Waals surface area contributed by atoms with Gasteiger partial charge in [0, 0.05) is 57.2 Å². The SMILES string of the molecule is CC1=C(C)Nc2cc(C(=O)N3CCN(S(=O)(=O)N(C)C)CC3)ccc2N1. The van der Waals surface area contributed by atoms with Crippen molar-refractivity contribution in [2.24, 2.45) is 0 Å². The van der Waals surface area contributed by atoms with Crippen LogP contribution in [-0.4, -0.2) is 68.1 Å². The van der Waals surface area contributed by atoms with E-state index in [2.05, 4.69) is 10.6 Å². The number of amides is 1. The largest absolute Gasteiger partial charge is 0.356 e. The molecule has 2 heterocycles. The molecule has 8 nitrogen and oxygen atoms in total. The number of nitrogens with one attached hydrogen (secondary N) is 2. The lowest BCUT2D eigenvalue weighted by Crippen LogP contribution is -2.53. The van der Waals surface area contributed by atoms with Gasteiger partial charge in [-0.3, -0.25) is 4.79 Å². The van der Waals surface area contributed by atoms with Crippen LogP contribution in [0, 0.1) is 0 Å². The van der Waals surface area contributed by atoms with Gasteiger partial charge in [0.05, 0.1) is 11.4 Å². The van der Waals surface area contributed by atoms with Crippen molar-refractivity contribution < 1.29 is 13.2 Å². The van der Waals surface area contributed by atoms with Gasteiger partial charge in [0.2, 0.25) is 0 Å². The van der Waals surface area contributed by atoms with Gasteiger partial charge in [-0.15, -0.1) is 0 Å². The number of hydrogen-bond donors (Lipinski definition) is 2. The molecule has 1 aromatic carbocycles. The first kappa shape index (κ1) is 18.7. The predicted octanol–water partition coefficient (Wildman–Crippen LogP) is 1.34. The van der Waals surface area contributed by atoms with Crippen molar-refractivity contribution in [1.29, 1.82) is 0 Å². The molecule has 2 N–H and O–H groups in total. The summed E-state index contributed by atoms with van der Waals surface area (Å²) in [7, 11) is -0.406. The highest BCUT2D eigenvalue weighted by molar-refractivity contribution is 7.86. The highest BCUT2D eigenvalue weighted by Gasteiger charge is 2.30. The summed E-state index contributed by atoms with van der Waals surface area (Å²) in [5.74, 6) is -0.0829. The monoisotopic (exact) mass is 379 g/mol. The number of carbonyl (C=O) groups excluding carboxylic acids is 1. The van der Waals surface area contributed by atoms with E-state index in [-0.39, 0.29) is 5.91 Å². The van der Waals surface area contributed by atoms with E-state index in [0.717, 1.165) is 22.8 Å². The number of allylic oxidation sites excluding steroid dienone is 2. The number of rotatable bonds is 3. The smallest absolute Gasteiger partial charge is 0.281 e. The summed E-state index contributed by atoms with van der Waals surface area (Å²) in [6.45, 7) is 5.34. The first-order valence-electron chi connectivity index (χ1n) is 8.52. The summed E-state index contributed by atoms with van der Waals surface area (Å²) in [4.78, 5) is 14.5. The normalized spacial score (nSPS) is 18.4. The van der Waals surface area contributed by atoms with Crippen LogP contribution in [0.25, 0.3) is 0 Å². The van der Waals surface area contributed by atoms with E-state index < -0.39 is 10.2 Å². The molecule has 1 fully saturated rings. The van der Waals surface area contributed by atoms with Gasteiger partial charge in [-0.2, -0.15) is 17.0 Å². The summed E-state index contributed by atoms with van der Waals surface area (Å²) < 4.78 is 27.0. The molecule has 0 aliphatic carbocycles. The third-order valence-electron chi connectivity index (χ3n) is 4.79. The summed E-state index contributed by atoms with van der Waals surface area (Å²) >= 11 is 0. The molecule has 0 radical (unpaired) electrons. The van der Waals surface area contributed by atoms with Crippen molar-refractivity contribution in [3.63, 3.8) is 0 Å². The minimum atomic E-state index is -3.43. The number of piperazine rings is 1. The van der Waals surface area contributed by atoms with Crippen LogP contribution in [0.2, 0.25) is 0 Å². The Labute approximate surface area is 154 Å². The molecular weight excluding hydrogens is 354 g/mol. The van der Waals surface area contributed by atoms with E-state index in [1.807, 2.05) is 26.0 Å². The lowest BCUT2D eigenvalue weighted by Gasteiger charge is -2.35. The Morgan fingerprint density at radius 3 is 2.15 bits per heavy atom. The minimum Gasteiger partial charge on any atom is -0.356 e. The third kappa shape index (κ3) is 3.42. The molecule has 0 atom stereocenters. The Morgan fingerprint density at radius 2 is 1.58 bits per heavy atom. The van der Waals surface area contributed by atoms with Crippen molar-refractivity contribution in [2.45, 2.75) is 13.8 Å². The highest BCUT2D eigenvalue weighted by Crippen LogP contribution is 2.31. The van der Waals surface area contributed by atoms with E-state index in [9.17, 15) is 13.2 Å². The first-order valence-corrected chi connectivity index (χ1v) is 9.92. The molecule has 3 rings (SSSR count). The second-order valence-corrected chi connectivity index (χ2v) is 8.88. The number of fused-ring (bicyclic) bond motifs is 1. The average molecular weight is 379 g/mol. The van der Waals surface area contributed by atoms with Crippen molar-refractivity contribution in [3.8, 4) is 0 Å². The fourth-order valence-electron chi connectivity index (χ4n) is 3.02. The summed E-state index contributed by atoms with van der Waals surface area (Å²) in [5.41, 5.74) is 4.47. The lowest BCUT2D eigenvalue weighted by molar-refractivity contribution is 0.0695. The molecule has 0 aromatic heterocycles. The molecule has 1 amide bonds. The van der Waals surface area contributed by atoms with E-state index >= 15 is 0 Å². The van der Waals surface area contributed by atoms with E-state index in [0.29, 0.717) is 31.7 Å². The van der Waals surface area contributed by atoms with Crippen LogP contribution in [0.1, 0.15) is 24.2 Å². The molecule has 0 saturated carbocycles. The Bertz CT molecular complexity index is 855.